The summed E-state index contributed by atoms with van der Waals surface area (Å²) in [6.07, 6.45) is 2.07. The fourth-order valence-corrected chi connectivity index (χ4v) is 2.53. The molecule has 1 aromatic carbocycles. The minimum Gasteiger partial charge on any atom is -0.444 e. The Balaban J connectivity index is 2.06. The molecule has 0 aliphatic carbocycles. The molecular weight excluding hydrogens is 278 g/mol. The van der Waals surface area contributed by atoms with Gasteiger partial charge in [-0.3, -0.25) is 4.79 Å². The van der Waals surface area contributed by atoms with Crippen LogP contribution in [0.4, 0.5) is 4.79 Å². The van der Waals surface area contributed by atoms with Crippen molar-refractivity contribution >= 4 is 18.0 Å². The number of piperidine rings is 1. The molecule has 1 aliphatic rings. The Labute approximate surface area is 131 Å². The number of ether oxygens (including phenoxy) is 1. The maximum absolute atomic E-state index is 12.0. The van der Waals surface area contributed by atoms with Crippen molar-refractivity contribution in [3.05, 3.63) is 41.5 Å². The van der Waals surface area contributed by atoms with E-state index in [0.29, 0.717) is 25.9 Å². The predicted octanol–water partition coefficient (Wildman–Crippen LogP) is 3.67. The second kappa shape index (κ2) is 6.77. The van der Waals surface area contributed by atoms with Crippen LogP contribution in [0.3, 0.4) is 0 Å². The van der Waals surface area contributed by atoms with Gasteiger partial charge in [0.2, 0.25) is 0 Å². The van der Waals surface area contributed by atoms with Gasteiger partial charge in [-0.2, -0.15) is 0 Å². The molecule has 22 heavy (non-hydrogen) atoms. The van der Waals surface area contributed by atoms with E-state index in [4.69, 9.17) is 4.74 Å². The van der Waals surface area contributed by atoms with Gasteiger partial charge in [-0.15, -0.1) is 0 Å². The number of carbonyl (C=O) groups is 2. The third-order valence-electron chi connectivity index (χ3n) is 3.60. The lowest BCUT2D eigenvalue weighted by Crippen LogP contribution is -2.40. The van der Waals surface area contributed by atoms with Gasteiger partial charge in [-0.25, -0.2) is 4.79 Å². The average molecular weight is 301 g/mol. The molecule has 0 atom stereocenters. The van der Waals surface area contributed by atoms with Crippen LogP contribution in [-0.4, -0.2) is 36.0 Å². The van der Waals surface area contributed by atoms with Crippen molar-refractivity contribution in [2.24, 2.45) is 0 Å². The van der Waals surface area contributed by atoms with Crippen molar-refractivity contribution in [2.75, 3.05) is 13.1 Å². The van der Waals surface area contributed by atoms with Gasteiger partial charge in [0.05, 0.1) is 0 Å². The highest BCUT2D eigenvalue weighted by atomic mass is 16.6. The number of hydrogen-bond acceptors (Lipinski definition) is 3. The fraction of sp³-hybridized carbons (Fsp3) is 0.444. The number of allylic oxidation sites excluding steroid dienone is 1. The summed E-state index contributed by atoms with van der Waals surface area (Å²) in [4.78, 5) is 25.2. The van der Waals surface area contributed by atoms with Crippen molar-refractivity contribution in [1.29, 1.82) is 0 Å². The van der Waals surface area contributed by atoms with Gasteiger partial charge in [0.15, 0.2) is 6.29 Å². The van der Waals surface area contributed by atoms with Crippen molar-refractivity contribution in [1.82, 2.24) is 4.90 Å². The molecule has 1 saturated heterocycles. The smallest absolute Gasteiger partial charge is 0.410 e. The molecule has 4 nitrogen and oxygen atoms in total. The third-order valence-corrected chi connectivity index (χ3v) is 3.60. The third kappa shape index (κ3) is 4.20. The number of carbonyl (C=O) groups excluding carboxylic acids is 2. The summed E-state index contributed by atoms with van der Waals surface area (Å²) < 4.78 is 5.39. The van der Waals surface area contributed by atoms with E-state index in [1.807, 2.05) is 51.1 Å². The van der Waals surface area contributed by atoms with Crippen LogP contribution in [0.25, 0.3) is 5.57 Å². The monoisotopic (exact) mass is 301 g/mol. The van der Waals surface area contributed by atoms with Crippen molar-refractivity contribution in [3.8, 4) is 0 Å². The molecule has 1 aliphatic heterocycles. The largest absolute Gasteiger partial charge is 0.444 e. The highest BCUT2D eigenvalue weighted by molar-refractivity contribution is 6.08. The van der Waals surface area contributed by atoms with Gasteiger partial charge in [-0.05, 0) is 39.2 Å². The molecule has 0 bridgehead atoms. The van der Waals surface area contributed by atoms with E-state index < -0.39 is 5.60 Å². The first kappa shape index (κ1) is 16.3. The summed E-state index contributed by atoms with van der Waals surface area (Å²) in [5.41, 5.74) is 2.33. The molecule has 0 N–H and O–H groups in total. The van der Waals surface area contributed by atoms with Crippen LogP contribution in [0, 0.1) is 0 Å². The molecule has 1 aromatic rings. The second-order valence-corrected chi connectivity index (χ2v) is 6.47. The molecular formula is C18H23NO3. The zero-order chi connectivity index (χ0) is 16.2. The van der Waals surface area contributed by atoms with Gasteiger partial charge in [-0.1, -0.05) is 35.9 Å². The maximum atomic E-state index is 12.0. The molecule has 0 saturated carbocycles. The molecule has 0 radical (unpaired) electrons. The standard InChI is InChI=1S/C18H23NO3/c1-18(2,3)22-17(21)19-11-9-15(10-12-19)16(13-20)14-7-5-4-6-8-14/h4-8,13H,9-12H2,1-3H3. The van der Waals surface area contributed by atoms with Crippen LogP contribution in [0.1, 0.15) is 39.2 Å². The molecule has 0 spiro atoms. The number of rotatable bonds is 2. The lowest BCUT2D eigenvalue weighted by molar-refractivity contribution is -0.103. The highest BCUT2D eigenvalue weighted by Gasteiger charge is 2.25. The van der Waals surface area contributed by atoms with Gasteiger partial charge >= 0.3 is 6.09 Å². The maximum Gasteiger partial charge on any atom is 0.410 e. The van der Waals surface area contributed by atoms with Gasteiger partial charge in [0, 0.05) is 18.7 Å². The molecule has 1 amide bonds. The number of likely N-dealkylation sites (tertiary alicyclic amines) is 1. The molecule has 1 heterocycles. The Morgan fingerprint density at radius 3 is 2.23 bits per heavy atom. The van der Waals surface area contributed by atoms with E-state index in [0.717, 1.165) is 23.0 Å². The van der Waals surface area contributed by atoms with Crippen LogP contribution < -0.4 is 0 Å². The SMILES string of the molecule is CC(C)(C)OC(=O)N1CCC(=C(C=O)c2ccccc2)CC1. The number of amides is 1. The Kier molecular flexibility index (Phi) is 5.01. The summed E-state index contributed by atoms with van der Waals surface area (Å²) in [5.74, 6) is 0. The number of nitrogens with zero attached hydrogens (tertiary/aromatic N) is 1. The van der Waals surface area contributed by atoms with E-state index in [2.05, 4.69) is 0 Å². The molecule has 0 unspecified atom stereocenters. The van der Waals surface area contributed by atoms with Gasteiger partial charge in [0.25, 0.3) is 0 Å². The van der Waals surface area contributed by atoms with Crippen LogP contribution in [0.15, 0.2) is 35.9 Å². The Hall–Kier alpha value is -2.10. The van der Waals surface area contributed by atoms with E-state index >= 15 is 0 Å². The molecule has 1 fully saturated rings. The first-order valence-corrected chi connectivity index (χ1v) is 7.61. The normalized spacial score (nSPS) is 15.4. The Morgan fingerprint density at radius 2 is 1.73 bits per heavy atom. The quantitative estimate of drug-likeness (QED) is 0.618. The van der Waals surface area contributed by atoms with Gasteiger partial charge < -0.3 is 9.64 Å². The zero-order valence-corrected chi connectivity index (χ0v) is 13.5. The Bertz CT molecular complexity index is 560. The first-order chi connectivity index (χ1) is 10.4. The summed E-state index contributed by atoms with van der Waals surface area (Å²) in [6.45, 7) is 6.77. The van der Waals surface area contributed by atoms with E-state index in [1.165, 1.54) is 0 Å². The first-order valence-electron chi connectivity index (χ1n) is 7.61. The van der Waals surface area contributed by atoms with E-state index in [-0.39, 0.29) is 6.09 Å². The molecule has 118 valence electrons. The van der Waals surface area contributed by atoms with Crippen LogP contribution in [0.5, 0.6) is 0 Å². The van der Waals surface area contributed by atoms with Crippen molar-refractivity contribution in [3.63, 3.8) is 0 Å². The number of benzene rings is 1. The molecule has 4 heteroatoms. The summed E-state index contributed by atoms with van der Waals surface area (Å²) >= 11 is 0. The fourth-order valence-electron chi connectivity index (χ4n) is 2.53. The van der Waals surface area contributed by atoms with Crippen LogP contribution in [0.2, 0.25) is 0 Å². The topological polar surface area (TPSA) is 46.6 Å². The van der Waals surface area contributed by atoms with Crippen LogP contribution >= 0.6 is 0 Å². The minimum atomic E-state index is -0.481. The molecule has 2 rings (SSSR count). The zero-order valence-electron chi connectivity index (χ0n) is 13.5. The summed E-state index contributed by atoms with van der Waals surface area (Å²) in [6, 6.07) is 9.67. The highest BCUT2D eigenvalue weighted by Crippen LogP contribution is 2.26. The van der Waals surface area contributed by atoms with Crippen molar-refractivity contribution in [2.45, 2.75) is 39.2 Å². The Morgan fingerprint density at radius 1 is 1.14 bits per heavy atom. The summed E-state index contributed by atoms with van der Waals surface area (Å²) in [7, 11) is 0. The second-order valence-electron chi connectivity index (χ2n) is 6.47. The number of aldehydes is 1. The molecule has 0 aromatic heterocycles. The average Bonchev–Trinajstić information content (AvgIpc) is 2.48. The minimum absolute atomic E-state index is 0.279. The number of hydrogen-bond donors (Lipinski definition) is 0. The van der Waals surface area contributed by atoms with E-state index in [9.17, 15) is 9.59 Å². The lowest BCUT2D eigenvalue weighted by Gasteiger charge is -2.31. The van der Waals surface area contributed by atoms with Crippen LogP contribution in [-0.2, 0) is 9.53 Å². The van der Waals surface area contributed by atoms with E-state index in [1.54, 1.807) is 4.90 Å². The van der Waals surface area contributed by atoms with Gasteiger partial charge in [0.1, 0.15) is 5.60 Å². The van der Waals surface area contributed by atoms with Crippen molar-refractivity contribution < 1.29 is 14.3 Å². The predicted molar refractivity (Wildman–Crippen MR) is 86.5 cm³/mol. The summed E-state index contributed by atoms with van der Waals surface area (Å²) in [5, 5.41) is 0. The lowest BCUT2D eigenvalue weighted by atomic mass is 9.94.